The van der Waals surface area contributed by atoms with Gasteiger partial charge in [0.15, 0.2) is 0 Å². The first kappa shape index (κ1) is 12.3. The second-order valence-electron chi connectivity index (χ2n) is 4.69. The van der Waals surface area contributed by atoms with Gasteiger partial charge in [-0.2, -0.15) is 0 Å². The standard InChI is InChI=1S/C13H22N4/c1-3-17(10-12-4-7-14-8-5-12)13-6-9-15-11(2)16-13/h6,9,12,14H,3-5,7-8,10H2,1-2H3. The molecule has 2 rings (SSSR count). The number of hydrogen-bond donors (Lipinski definition) is 1. The highest BCUT2D eigenvalue weighted by Gasteiger charge is 2.17. The molecule has 4 nitrogen and oxygen atoms in total. The first-order chi connectivity index (χ1) is 8.29. The van der Waals surface area contributed by atoms with Gasteiger partial charge in [0.1, 0.15) is 11.6 Å². The van der Waals surface area contributed by atoms with E-state index in [4.69, 9.17) is 0 Å². The molecule has 0 amide bonds. The van der Waals surface area contributed by atoms with Gasteiger partial charge in [0.2, 0.25) is 0 Å². The molecule has 4 heteroatoms. The molecule has 1 fully saturated rings. The van der Waals surface area contributed by atoms with Crippen molar-refractivity contribution in [2.75, 3.05) is 31.1 Å². The SMILES string of the molecule is CCN(CC1CCNCC1)c1ccnc(C)n1. The predicted molar refractivity (Wildman–Crippen MR) is 70.2 cm³/mol. The van der Waals surface area contributed by atoms with Crippen LogP contribution in [0.2, 0.25) is 0 Å². The topological polar surface area (TPSA) is 41.0 Å². The summed E-state index contributed by atoms with van der Waals surface area (Å²) in [5, 5.41) is 3.41. The molecule has 1 aliphatic heterocycles. The van der Waals surface area contributed by atoms with Crippen molar-refractivity contribution >= 4 is 5.82 Å². The summed E-state index contributed by atoms with van der Waals surface area (Å²) in [6, 6.07) is 2.01. The molecule has 0 radical (unpaired) electrons. The molecule has 1 N–H and O–H groups in total. The summed E-state index contributed by atoms with van der Waals surface area (Å²) in [5.41, 5.74) is 0. The fraction of sp³-hybridized carbons (Fsp3) is 0.692. The first-order valence-corrected chi connectivity index (χ1v) is 6.55. The van der Waals surface area contributed by atoms with E-state index in [9.17, 15) is 0 Å². The fourth-order valence-electron chi connectivity index (χ4n) is 2.38. The zero-order valence-electron chi connectivity index (χ0n) is 10.8. The lowest BCUT2D eigenvalue weighted by molar-refractivity contribution is 0.374. The number of anilines is 1. The normalized spacial score (nSPS) is 17.1. The summed E-state index contributed by atoms with van der Waals surface area (Å²) < 4.78 is 0. The van der Waals surface area contributed by atoms with E-state index in [1.54, 1.807) is 0 Å². The van der Waals surface area contributed by atoms with E-state index in [1.165, 1.54) is 12.8 Å². The maximum atomic E-state index is 4.51. The lowest BCUT2D eigenvalue weighted by Crippen LogP contribution is -2.36. The Hall–Kier alpha value is -1.16. The van der Waals surface area contributed by atoms with Crippen molar-refractivity contribution in [3.63, 3.8) is 0 Å². The van der Waals surface area contributed by atoms with E-state index in [0.717, 1.165) is 43.7 Å². The summed E-state index contributed by atoms with van der Waals surface area (Å²) in [4.78, 5) is 11.0. The maximum absolute atomic E-state index is 4.51. The van der Waals surface area contributed by atoms with Gasteiger partial charge >= 0.3 is 0 Å². The van der Waals surface area contributed by atoms with Crippen molar-refractivity contribution in [2.24, 2.45) is 5.92 Å². The number of aromatic nitrogens is 2. The minimum atomic E-state index is 0.798. The predicted octanol–water partition coefficient (Wildman–Crippen LogP) is 1.61. The molecule has 0 aliphatic carbocycles. The van der Waals surface area contributed by atoms with E-state index < -0.39 is 0 Å². The largest absolute Gasteiger partial charge is 0.357 e. The highest BCUT2D eigenvalue weighted by atomic mass is 15.2. The molecule has 0 spiro atoms. The molecule has 0 atom stereocenters. The van der Waals surface area contributed by atoms with Crippen molar-refractivity contribution in [2.45, 2.75) is 26.7 Å². The van der Waals surface area contributed by atoms with Gasteiger partial charge in [-0.3, -0.25) is 0 Å². The van der Waals surface area contributed by atoms with Crippen molar-refractivity contribution in [3.05, 3.63) is 18.1 Å². The van der Waals surface area contributed by atoms with Crippen molar-refractivity contribution in [1.82, 2.24) is 15.3 Å². The Kier molecular flexibility index (Phi) is 4.31. The Morgan fingerprint density at radius 1 is 1.41 bits per heavy atom. The van der Waals surface area contributed by atoms with Gasteiger partial charge in [0.25, 0.3) is 0 Å². The van der Waals surface area contributed by atoms with E-state index in [2.05, 4.69) is 27.1 Å². The quantitative estimate of drug-likeness (QED) is 0.859. The van der Waals surface area contributed by atoms with Crippen molar-refractivity contribution in [3.8, 4) is 0 Å². The van der Waals surface area contributed by atoms with Crippen LogP contribution in [0.25, 0.3) is 0 Å². The van der Waals surface area contributed by atoms with Crippen LogP contribution in [0.1, 0.15) is 25.6 Å². The Bertz CT molecular complexity index is 347. The average molecular weight is 234 g/mol. The lowest BCUT2D eigenvalue weighted by Gasteiger charge is -2.30. The van der Waals surface area contributed by atoms with Gasteiger partial charge in [-0.15, -0.1) is 0 Å². The highest BCUT2D eigenvalue weighted by molar-refractivity contribution is 5.37. The number of nitrogens with one attached hydrogen (secondary N) is 1. The Morgan fingerprint density at radius 3 is 2.82 bits per heavy atom. The van der Waals surface area contributed by atoms with Crippen LogP contribution in [0, 0.1) is 12.8 Å². The second kappa shape index (κ2) is 5.96. The third-order valence-corrected chi connectivity index (χ3v) is 3.40. The van der Waals surface area contributed by atoms with Gasteiger partial charge in [0, 0.05) is 19.3 Å². The molecule has 2 heterocycles. The van der Waals surface area contributed by atoms with E-state index in [1.807, 2.05) is 19.2 Å². The molecule has 0 aromatic carbocycles. The zero-order valence-corrected chi connectivity index (χ0v) is 10.8. The number of piperidine rings is 1. The third-order valence-electron chi connectivity index (χ3n) is 3.40. The van der Waals surface area contributed by atoms with Crippen LogP contribution < -0.4 is 10.2 Å². The van der Waals surface area contributed by atoms with Gasteiger partial charge in [-0.25, -0.2) is 9.97 Å². The molecule has 0 unspecified atom stereocenters. The van der Waals surface area contributed by atoms with Crippen LogP contribution in [0.4, 0.5) is 5.82 Å². The van der Waals surface area contributed by atoms with Crippen LogP contribution in [-0.4, -0.2) is 36.1 Å². The fourth-order valence-corrected chi connectivity index (χ4v) is 2.38. The Morgan fingerprint density at radius 2 is 2.18 bits per heavy atom. The summed E-state index contributed by atoms with van der Waals surface area (Å²) in [5.74, 6) is 2.72. The van der Waals surface area contributed by atoms with Crippen LogP contribution >= 0.6 is 0 Å². The highest BCUT2D eigenvalue weighted by Crippen LogP contribution is 2.17. The molecule has 94 valence electrons. The van der Waals surface area contributed by atoms with Crippen molar-refractivity contribution < 1.29 is 0 Å². The first-order valence-electron chi connectivity index (χ1n) is 6.55. The summed E-state index contributed by atoms with van der Waals surface area (Å²) in [6.45, 7) is 8.59. The number of rotatable bonds is 4. The average Bonchev–Trinajstić information content (AvgIpc) is 2.37. The van der Waals surface area contributed by atoms with Gasteiger partial charge in [0.05, 0.1) is 0 Å². The molecule has 1 saturated heterocycles. The number of aryl methyl sites for hydroxylation is 1. The monoisotopic (exact) mass is 234 g/mol. The van der Waals surface area contributed by atoms with E-state index in [0.29, 0.717) is 0 Å². The van der Waals surface area contributed by atoms with Crippen molar-refractivity contribution in [1.29, 1.82) is 0 Å². The van der Waals surface area contributed by atoms with Crippen LogP contribution in [0.5, 0.6) is 0 Å². The molecular weight excluding hydrogens is 212 g/mol. The molecular formula is C13H22N4. The molecule has 1 aliphatic rings. The third kappa shape index (κ3) is 3.40. The minimum absolute atomic E-state index is 0.798. The second-order valence-corrected chi connectivity index (χ2v) is 4.69. The van der Waals surface area contributed by atoms with Crippen LogP contribution in [0.15, 0.2) is 12.3 Å². The molecule has 1 aromatic rings. The van der Waals surface area contributed by atoms with E-state index >= 15 is 0 Å². The van der Waals surface area contributed by atoms with Crippen LogP contribution in [0.3, 0.4) is 0 Å². The smallest absolute Gasteiger partial charge is 0.132 e. The van der Waals surface area contributed by atoms with Gasteiger partial charge in [-0.1, -0.05) is 0 Å². The zero-order chi connectivity index (χ0) is 12.1. The molecule has 17 heavy (non-hydrogen) atoms. The van der Waals surface area contributed by atoms with Gasteiger partial charge < -0.3 is 10.2 Å². The summed E-state index contributed by atoms with van der Waals surface area (Å²) in [7, 11) is 0. The molecule has 0 bridgehead atoms. The van der Waals surface area contributed by atoms with Crippen LogP contribution in [-0.2, 0) is 0 Å². The van der Waals surface area contributed by atoms with Gasteiger partial charge in [-0.05, 0) is 51.8 Å². The molecule has 0 saturated carbocycles. The number of nitrogens with zero attached hydrogens (tertiary/aromatic N) is 3. The summed E-state index contributed by atoms with van der Waals surface area (Å²) >= 11 is 0. The minimum Gasteiger partial charge on any atom is -0.357 e. The number of hydrogen-bond acceptors (Lipinski definition) is 4. The lowest BCUT2D eigenvalue weighted by atomic mass is 9.97. The Labute approximate surface area is 103 Å². The molecule has 1 aromatic heterocycles. The van der Waals surface area contributed by atoms with E-state index in [-0.39, 0.29) is 0 Å². The maximum Gasteiger partial charge on any atom is 0.132 e. The summed E-state index contributed by atoms with van der Waals surface area (Å²) in [6.07, 6.45) is 4.41. The Balaban J connectivity index is 2.00.